The summed E-state index contributed by atoms with van der Waals surface area (Å²) in [4.78, 5) is 38.1. The number of nitrogens with zero attached hydrogens (tertiary/aromatic N) is 4. The van der Waals surface area contributed by atoms with Gasteiger partial charge in [-0.3, -0.25) is 14.4 Å². The molecule has 3 unspecified atom stereocenters. The molecule has 1 fully saturated rings. The van der Waals surface area contributed by atoms with Crippen molar-refractivity contribution in [2.45, 2.75) is 94.4 Å². The molecule has 11 heteroatoms. The molecule has 0 amide bonds. The van der Waals surface area contributed by atoms with Crippen molar-refractivity contribution >= 4 is 28.8 Å². The summed E-state index contributed by atoms with van der Waals surface area (Å²) in [5.74, 6) is -1.06. The second-order valence-corrected chi connectivity index (χ2v) is 10.2. The zero-order valence-corrected chi connectivity index (χ0v) is 25.9. The Morgan fingerprint density at radius 3 is 1.85 bits per heavy atom. The fourth-order valence-corrected chi connectivity index (χ4v) is 3.04. The highest BCUT2D eigenvalue weighted by Gasteiger charge is 2.34. The Morgan fingerprint density at radius 2 is 1.52 bits per heavy atom. The maximum absolute atomic E-state index is 10.1. The third-order valence-electron chi connectivity index (χ3n) is 5.90. The number of aromatic nitrogens is 3. The van der Waals surface area contributed by atoms with Crippen molar-refractivity contribution in [2.24, 2.45) is 29.4 Å². The number of ketones is 1. The largest absolute Gasteiger partial charge is 0.481 e. The smallest absolute Gasteiger partial charge is 0.305 e. The number of hydrogen-bond acceptors (Lipinski definition) is 8. The Balaban J connectivity index is 0. The number of Topliss-reactive ketones (excluding diaryl/α,β-unsaturated/α-hetero) is 1. The standard InChI is InChI=1S/C15H18N4O.C5H10O.2C4H8O2.CH5N/c1-4-12-5-9(2)15(20-12)19-7-11(6-16)13-10(3)17-8-18-14(13)19;1-4(2)5(3)6;2*1-3(2)4(5)6;1-2/h7-9,12,15H,4-5H2,1-3H3;4H,1-3H3;2*3H,1-2H3,(H,5,6);2H2,1H3. The molecule has 226 valence electrons. The molecule has 0 saturated carbocycles. The van der Waals surface area contributed by atoms with Crippen LogP contribution in [0.25, 0.3) is 11.0 Å². The highest BCUT2D eigenvalue weighted by molar-refractivity contribution is 5.85. The van der Waals surface area contributed by atoms with Crippen LogP contribution >= 0.6 is 0 Å². The number of ether oxygens (including phenoxy) is 1. The summed E-state index contributed by atoms with van der Waals surface area (Å²) in [6, 6.07) is 2.24. The van der Waals surface area contributed by atoms with E-state index in [0.29, 0.717) is 17.6 Å². The lowest BCUT2D eigenvalue weighted by Crippen LogP contribution is -2.13. The first-order valence-corrected chi connectivity index (χ1v) is 13.5. The molecule has 40 heavy (non-hydrogen) atoms. The first-order chi connectivity index (χ1) is 18.6. The summed E-state index contributed by atoms with van der Waals surface area (Å²) in [6.45, 7) is 18.2. The molecule has 3 rings (SSSR count). The van der Waals surface area contributed by atoms with Crippen molar-refractivity contribution in [1.82, 2.24) is 14.5 Å². The van der Waals surface area contributed by atoms with E-state index >= 15 is 0 Å². The summed E-state index contributed by atoms with van der Waals surface area (Å²) in [7, 11) is 1.50. The van der Waals surface area contributed by atoms with Gasteiger partial charge in [-0.1, -0.05) is 55.4 Å². The van der Waals surface area contributed by atoms with Gasteiger partial charge in [0.05, 0.1) is 34.6 Å². The van der Waals surface area contributed by atoms with E-state index in [1.165, 1.54) is 7.05 Å². The minimum absolute atomic E-state index is 0.0427. The summed E-state index contributed by atoms with van der Waals surface area (Å²) in [5.41, 5.74) is 6.75. The monoisotopic (exact) mass is 563 g/mol. The van der Waals surface area contributed by atoms with Gasteiger partial charge in [-0.25, -0.2) is 9.97 Å². The molecule has 4 N–H and O–H groups in total. The topological polar surface area (TPSA) is 181 Å². The highest BCUT2D eigenvalue weighted by Crippen LogP contribution is 2.38. The number of aliphatic carboxylic acids is 2. The third kappa shape index (κ3) is 13.1. The number of fused-ring (bicyclic) bond motifs is 1. The third-order valence-corrected chi connectivity index (χ3v) is 5.90. The molecule has 0 spiro atoms. The van der Waals surface area contributed by atoms with Crippen LogP contribution in [0, 0.1) is 41.9 Å². The van der Waals surface area contributed by atoms with Crippen molar-refractivity contribution in [3.05, 3.63) is 23.8 Å². The average molecular weight is 564 g/mol. The molecule has 1 saturated heterocycles. The van der Waals surface area contributed by atoms with Crippen LogP contribution in [-0.4, -0.2) is 55.6 Å². The number of rotatable bonds is 5. The molecule has 0 radical (unpaired) electrons. The molecule has 0 aliphatic carbocycles. The average Bonchev–Trinajstić information content (AvgIpc) is 3.46. The molecule has 3 atom stereocenters. The van der Waals surface area contributed by atoms with Crippen LogP contribution in [0.15, 0.2) is 12.5 Å². The number of nitrogens with two attached hydrogens (primary N) is 1. The molecule has 0 aromatic carbocycles. The highest BCUT2D eigenvalue weighted by atomic mass is 16.5. The molecule has 2 aromatic heterocycles. The Bertz CT molecular complexity index is 1060. The number of nitriles is 1. The Kier molecular flexibility index (Phi) is 19.1. The van der Waals surface area contributed by atoms with Crippen molar-refractivity contribution in [3.63, 3.8) is 0 Å². The van der Waals surface area contributed by atoms with Gasteiger partial charge in [0, 0.05) is 18.0 Å². The van der Waals surface area contributed by atoms with Crippen LogP contribution in [-0.2, 0) is 19.1 Å². The summed E-state index contributed by atoms with van der Waals surface area (Å²) >= 11 is 0. The van der Waals surface area contributed by atoms with E-state index in [4.69, 9.17) is 14.9 Å². The van der Waals surface area contributed by atoms with Gasteiger partial charge in [0.25, 0.3) is 0 Å². The minimum Gasteiger partial charge on any atom is -0.481 e. The van der Waals surface area contributed by atoms with Gasteiger partial charge in [-0.2, -0.15) is 5.26 Å². The fourth-order valence-electron chi connectivity index (χ4n) is 3.04. The number of carboxylic acids is 2. The molecule has 0 bridgehead atoms. The van der Waals surface area contributed by atoms with Crippen LogP contribution in [0.2, 0.25) is 0 Å². The minimum atomic E-state index is -0.741. The number of carbonyl (C=O) groups excluding carboxylic acids is 1. The quantitative estimate of drug-likeness (QED) is 0.437. The first kappa shape index (κ1) is 38.8. The lowest BCUT2D eigenvalue weighted by atomic mass is 10.0. The predicted octanol–water partition coefficient (Wildman–Crippen LogP) is 5.21. The van der Waals surface area contributed by atoms with Crippen LogP contribution in [0.5, 0.6) is 0 Å². The van der Waals surface area contributed by atoms with Gasteiger partial charge in [0.15, 0.2) is 0 Å². The van der Waals surface area contributed by atoms with Crippen molar-refractivity contribution in [1.29, 1.82) is 5.26 Å². The second-order valence-electron chi connectivity index (χ2n) is 10.2. The van der Waals surface area contributed by atoms with Crippen molar-refractivity contribution < 1.29 is 29.3 Å². The summed E-state index contributed by atoms with van der Waals surface area (Å²) in [6.07, 6.45) is 5.71. The van der Waals surface area contributed by atoms with Gasteiger partial charge in [-0.05, 0) is 33.7 Å². The van der Waals surface area contributed by atoms with E-state index in [1.54, 1.807) is 40.9 Å². The Hall–Kier alpha value is -3.36. The molecule has 2 aromatic rings. The van der Waals surface area contributed by atoms with Gasteiger partial charge >= 0.3 is 11.9 Å². The van der Waals surface area contributed by atoms with Gasteiger partial charge in [0.2, 0.25) is 0 Å². The number of carbonyl (C=O) groups is 3. The van der Waals surface area contributed by atoms with Crippen LogP contribution in [0.4, 0.5) is 0 Å². The van der Waals surface area contributed by atoms with E-state index in [0.717, 1.165) is 29.6 Å². The predicted molar refractivity (Wildman–Crippen MR) is 156 cm³/mol. The molecule has 3 heterocycles. The molecule has 1 aliphatic heterocycles. The van der Waals surface area contributed by atoms with Gasteiger partial charge in [0.1, 0.15) is 30.1 Å². The van der Waals surface area contributed by atoms with E-state index in [-0.39, 0.29) is 29.8 Å². The molecule has 1 aliphatic rings. The van der Waals surface area contributed by atoms with E-state index in [9.17, 15) is 19.6 Å². The number of hydrogen-bond donors (Lipinski definition) is 3. The van der Waals surface area contributed by atoms with Gasteiger partial charge in [-0.15, -0.1) is 0 Å². The maximum atomic E-state index is 10.1. The molecular formula is C29H49N5O6. The lowest BCUT2D eigenvalue weighted by Gasteiger charge is -2.18. The molecule has 11 nitrogen and oxygen atoms in total. The van der Waals surface area contributed by atoms with Crippen LogP contribution in [0.3, 0.4) is 0 Å². The molecular weight excluding hydrogens is 514 g/mol. The zero-order chi connectivity index (χ0) is 31.7. The lowest BCUT2D eigenvalue weighted by molar-refractivity contribution is -0.141. The maximum Gasteiger partial charge on any atom is 0.305 e. The van der Waals surface area contributed by atoms with E-state index in [1.807, 2.05) is 31.5 Å². The van der Waals surface area contributed by atoms with Crippen LogP contribution in [0.1, 0.15) is 92.6 Å². The second kappa shape index (κ2) is 19.7. The normalized spacial score (nSPS) is 17.3. The number of carboxylic acid groups (broad SMARTS) is 2. The Morgan fingerprint density at radius 1 is 1.07 bits per heavy atom. The number of aryl methyl sites for hydroxylation is 1. The van der Waals surface area contributed by atoms with Gasteiger partial charge < -0.3 is 25.3 Å². The summed E-state index contributed by atoms with van der Waals surface area (Å²) in [5, 5.41) is 26.1. The summed E-state index contributed by atoms with van der Waals surface area (Å²) < 4.78 is 8.11. The fraction of sp³-hybridized carbons (Fsp3) is 0.655. The van der Waals surface area contributed by atoms with E-state index < -0.39 is 11.9 Å². The van der Waals surface area contributed by atoms with Crippen LogP contribution < -0.4 is 5.73 Å². The van der Waals surface area contributed by atoms with Crippen molar-refractivity contribution in [2.75, 3.05) is 7.05 Å². The first-order valence-electron chi connectivity index (χ1n) is 13.5. The van der Waals surface area contributed by atoms with E-state index in [2.05, 4.69) is 35.6 Å². The SMILES string of the molecule is CC(=O)C(C)C.CC(C)C(=O)O.CC(C)C(=O)O.CCC1CC(C)C(n2cc(C#N)c3c(C)ncnc32)O1.CN. The zero-order valence-electron chi connectivity index (χ0n) is 25.9. The Labute approximate surface area is 238 Å². The van der Waals surface area contributed by atoms with Crippen molar-refractivity contribution in [3.8, 4) is 6.07 Å².